The summed E-state index contributed by atoms with van der Waals surface area (Å²) < 4.78 is 0. The lowest BCUT2D eigenvalue weighted by Gasteiger charge is -2.38. The molecule has 1 spiro atoms. The van der Waals surface area contributed by atoms with Crippen molar-refractivity contribution in [3.63, 3.8) is 0 Å². The van der Waals surface area contributed by atoms with Crippen LogP contribution in [0.1, 0.15) is 35.2 Å². The smallest absolute Gasteiger partial charge is 0.273 e. The molecule has 1 fully saturated rings. The molecule has 1 N–H and O–H groups in total. The molecule has 144 valence electrons. The van der Waals surface area contributed by atoms with Gasteiger partial charge in [-0.05, 0) is 44.0 Å². The van der Waals surface area contributed by atoms with Crippen molar-refractivity contribution in [3.8, 4) is 0 Å². The van der Waals surface area contributed by atoms with Gasteiger partial charge in [0.25, 0.3) is 11.8 Å². The molecule has 7 nitrogen and oxygen atoms in total. The average Bonchev–Trinajstić information content (AvgIpc) is 3.11. The standard InChI is InChI=1S/C21H22N4O3/c1-15-5-2-6-16(11-15)20(27)25-10-4-8-21(14-25)12-18(24-28-21)19(26)23-17-7-3-9-22-13-17/h2-3,5-7,9,11,13H,4,8,10,12,14H2,1H3,(H,23,26)/t21-/m0/s1. The van der Waals surface area contributed by atoms with Gasteiger partial charge in [-0.25, -0.2) is 0 Å². The molecule has 2 aliphatic heterocycles. The minimum atomic E-state index is -0.626. The van der Waals surface area contributed by atoms with Crippen LogP contribution in [0.25, 0.3) is 0 Å². The molecular weight excluding hydrogens is 356 g/mol. The van der Waals surface area contributed by atoms with E-state index in [-0.39, 0.29) is 11.8 Å². The molecule has 1 aromatic carbocycles. The van der Waals surface area contributed by atoms with Crippen LogP contribution in [0.3, 0.4) is 0 Å². The van der Waals surface area contributed by atoms with Crippen molar-refractivity contribution < 1.29 is 14.4 Å². The van der Waals surface area contributed by atoms with Crippen molar-refractivity contribution in [2.75, 3.05) is 18.4 Å². The number of aromatic nitrogens is 1. The number of nitrogens with one attached hydrogen (secondary N) is 1. The second-order valence-electron chi connectivity index (χ2n) is 7.38. The minimum absolute atomic E-state index is 0.0142. The number of hydrogen-bond acceptors (Lipinski definition) is 5. The van der Waals surface area contributed by atoms with Gasteiger partial charge in [0.1, 0.15) is 5.71 Å². The number of pyridine rings is 1. The zero-order valence-corrected chi connectivity index (χ0v) is 15.7. The largest absolute Gasteiger partial charge is 0.386 e. The van der Waals surface area contributed by atoms with Crippen LogP contribution in [-0.4, -0.2) is 46.1 Å². The normalized spacial score (nSPS) is 21.2. The number of carbonyl (C=O) groups excluding carboxylic acids is 2. The summed E-state index contributed by atoms with van der Waals surface area (Å²) >= 11 is 0. The Balaban J connectivity index is 1.42. The van der Waals surface area contributed by atoms with Crippen LogP contribution in [0, 0.1) is 6.92 Å². The van der Waals surface area contributed by atoms with Gasteiger partial charge in [0, 0.05) is 24.7 Å². The molecule has 1 aromatic heterocycles. The molecule has 4 rings (SSSR count). The molecule has 7 heteroatoms. The lowest BCUT2D eigenvalue weighted by molar-refractivity contribution is -0.110. The van der Waals surface area contributed by atoms with E-state index in [1.54, 1.807) is 29.4 Å². The van der Waals surface area contributed by atoms with Crippen LogP contribution >= 0.6 is 0 Å². The summed E-state index contributed by atoms with van der Waals surface area (Å²) in [6.07, 6.45) is 5.18. The number of oxime groups is 1. The molecule has 28 heavy (non-hydrogen) atoms. The Bertz CT molecular complexity index is 928. The van der Waals surface area contributed by atoms with Crippen molar-refractivity contribution in [1.82, 2.24) is 9.88 Å². The summed E-state index contributed by atoms with van der Waals surface area (Å²) in [7, 11) is 0. The first-order valence-corrected chi connectivity index (χ1v) is 9.37. The van der Waals surface area contributed by atoms with Gasteiger partial charge in [-0.3, -0.25) is 14.6 Å². The number of anilines is 1. The van der Waals surface area contributed by atoms with Crippen molar-refractivity contribution in [3.05, 3.63) is 59.9 Å². The molecule has 0 saturated carbocycles. The Morgan fingerprint density at radius 2 is 2.14 bits per heavy atom. The summed E-state index contributed by atoms with van der Waals surface area (Å²) in [4.78, 5) is 36.9. The highest BCUT2D eigenvalue weighted by Crippen LogP contribution is 2.34. The number of aryl methyl sites for hydroxylation is 1. The second-order valence-corrected chi connectivity index (χ2v) is 7.38. The highest BCUT2D eigenvalue weighted by atomic mass is 16.7. The van der Waals surface area contributed by atoms with Crippen LogP contribution in [0.15, 0.2) is 53.9 Å². The second kappa shape index (κ2) is 7.42. The molecule has 0 unspecified atom stereocenters. The van der Waals surface area contributed by atoms with Gasteiger partial charge in [0.15, 0.2) is 5.60 Å². The van der Waals surface area contributed by atoms with Crippen LogP contribution in [0.2, 0.25) is 0 Å². The van der Waals surface area contributed by atoms with Gasteiger partial charge < -0.3 is 15.1 Å². The number of rotatable bonds is 3. The third-order valence-corrected chi connectivity index (χ3v) is 5.11. The zero-order valence-electron chi connectivity index (χ0n) is 15.7. The van der Waals surface area contributed by atoms with Crippen molar-refractivity contribution >= 4 is 23.2 Å². The van der Waals surface area contributed by atoms with Crippen molar-refractivity contribution in [2.45, 2.75) is 31.8 Å². The Morgan fingerprint density at radius 1 is 1.25 bits per heavy atom. The van der Waals surface area contributed by atoms with E-state index in [1.165, 1.54) is 0 Å². The van der Waals surface area contributed by atoms with Gasteiger partial charge in [0.2, 0.25) is 0 Å². The van der Waals surface area contributed by atoms with Gasteiger partial charge in [-0.15, -0.1) is 0 Å². The lowest BCUT2D eigenvalue weighted by atomic mass is 9.87. The van der Waals surface area contributed by atoms with E-state index in [1.807, 2.05) is 31.2 Å². The van der Waals surface area contributed by atoms with Gasteiger partial charge >= 0.3 is 0 Å². The van der Waals surface area contributed by atoms with E-state index in [2.05, 4.69) is 15.5 Å². The van der Waals surface area contributed by atoms with Gasteiger partial charge in [-0.2, -0.15) is 0 Å². The fraction of sp³-hybridized carbons (Fsp3) is 0.333. The minimum Gasteiger partial charge on any atom is -0.386 e. The lowest BCUT2D eigenvalue weighted by Crippen LogP contribution is -2.50. The third-order valence-electron chi connectivity index (χ3n) is 5.11. The highest BCUT2D eigenvalue weighted by molar-refractivity contribution is 6.43. The molecule has 0 aliphatic carbocycles. The fourth-order valence-corrected chi connectivity index (χ4v) is 3.73. The third kappa shape index (κ3) is 3.74. The van der Waals surface area contributed by atoms with E-state index in [0.717, 1.165) is 18.4 Å². The monoisotopic (exact) mass is 378 g/mol. The van der Waals surface area contributed by atoms with Crippen LogP contribution in [-0.2, 0) is 9.63 Å². The number of benzene rings is 1. The molecule has 1 saturated heterocycles. The predicted molar refractivity (Wildman–Crippen MR) is 105 cm³/mol. The predicted octanol–water partition coefficient (Wildman–Crippen LogP) is 2.78. The van der Waals surface area contributed by atoms with Crippen LogP contribution in [0.5, 0.6) is 0 Å². The molecule has 2 amide bonds. The summed E-state index contributed by atoms with van der Waals surface area (Å²) in [5, 5.41) is 6.81. The first-order chi connectivity index (χ1) is 13.5. The fourth-order valence-electron chi connectivity index (χ4n) is 3.73. The number of amides is 2. The molecule has 0 radical (unpaired) electrons. The Hall–Kier alpha value is -3.22. The first-order valence-electron chi connectivity index (χ1n) is 9.37. The maximum atomic E-state index is 12.9. The Labute approximate surface area is 163 Å². The molecule has 1 atom stereocenters. The number of likely N-dealkylation sites (tertiary alicyclic amines) is 1. The van der Waals surface area contributed by atoms with Gasteiger partial charge in [-0.1, -0.05) is 22.9 Å². The molecular formula is C21H22N4O3. The summed E-state index contributed by atoms with van der Waals surface area (Å²) in [5.74, 6) is -0.313. The molecule has 3 heterocycles. The number of hydrogen-bond donors (Lipinski definition) is 1. The van der Waals surface area contributed by atoms with E-state index in [4.69, 9.17) is 4.84 Å². The maximum Gasteiger partial charge on any atom is 0.273 e. The van der Waals surface area contributed by atoms with Gasteiger partial charge in [0.05, 0.1) is 18.4 Å². The molecule has 2 aliphatic rings. The van der Waals surface area contributed by atoms with Crippen molar-refractivity contribution in [2.24, 2.45) is 5.16 Å². The van der Waals surface area contributed by atoms with E-state index < -0.39 is 5.60 Å². The van der Waals surface area contributed by atoms with E-state index in [0.29, 0.717) is 36.5 Å². The average molecular weight is 378 g/mol. The number of nitrogens with zero attached hydrogens (tertiary/aromatic N) is 3. The summed E-state index contributed by atoms with van der Waals surface area (Å²) in [6, 6.07) is 11.1. The van der Waals surface area contributed by atoms with Crippen molar-refractivity contribution in [1.29, 1.82) is 0 Å². The Morgan fingerprint density at radius 3 is 2.93 bits per heavy atom. The zero-order chi connectivity index (χ0) is 19.6. The van der Waals surface area contributed by atoms with E-state index in [9.17, 15) is 9.59 Å². The molecule has 0 bridgehead atoms. The van der Waals surface area contributed by atoms with E-state index >= 15 is 0 Å². The molecule has 2 aromatic rings. The first kappa shape index (κ1) is 18.2. The van der Waals surface area contributed by atoms with Crippen LogP contribution in [0.4, 0.5) is 5.69 Å². The SMILES string of the molecule is Cc1cccc(C(=O)N2CCC[C@]3(CC(C(=O)Nc4cccnc4)=NO3)C2)c1. The quantitative estimate of drug-likeness (QED) is 0.890. The number of carbonyl (C=O) groups is 2. The topological polar surface area (TPSA) is 83.9 Å². The summed E-state index contributed by atoms with van der Waals surface area (Å²) in [6.45, 7) is 3.07. The Kier molecular flexibility index (Phi) is 4.81. The van der Waals surface area contributed by atoms with Crippen LogP contribution < -0.4 is 5.32 Å². The summed E-state index contributed by atoms with van der Waals surface area (Å²) in [5.41, 5.74) is 2.04. The highest BCUT2D eigenvalue weighted by Gasteiger charge is 2.45. The maximum absolute atomic E-state index is 12.9. The number of piperidine rings is 1.